The second kappa shape index (κ2) is 4.42. The summed E-state index contributed by atoms with van der Waals surface area (Å²) in [4.78, 5) is 21.7. The Morgan fingerprint density at radius 1 is 1.52 bits per heavy atom. The van der Waals surface area contributed by atoms with Gasteiger partial charge in [0, 0.05) is 0 Å². The van der Waals surface area contributed by atoms with Crippen molar-refractivity contribution >= 4 is 22.6 Å². The van der Waals surface area contributed by atoms with Crippen molar-refractivity contribution in [3.63, 3.8) is 0 Å². The molecule has 2 heterocycles. The molecule has 0 saturated heterocycles. The minimum absolute atomic E-state index is 0.00415. The average Bonchev–Trinajstić information content (AvgIpc) is 2.90. The van der Waals surface area contributed by atoms with Gasteiger partial charge in [-0.2, -0.15) is 5.11 Å². The van der Waals surface area contributed by atoms with Crippen molar-refractivity contribution in [2.45, 2.75) is 25.8 Å². The lowest BCUT2D eigenvalue weighted by atomic mass is 9.86. The number of imidazole rings is 1. The van der Waals surface area contributed by atoms with Gasteiger partial charge < -0.3 is 4.98 Å². The molecule has 106 valence electrons. The summed E-state index contributed by atoms with van der Waals surface area (Å²) >= 11 is 0. The number of aromatic nitrogens is 2. The predicted molar refractivity (Wildman–Crippen MR) is 79.2 cm³/mol. The van der Waals surface area contributed by atoms with Crippen molar-refractivity contribution in [3.8, 4) is 12.3 Å². The molecule has 0 radical (unpaired) electrons. The van der Waals surface area contributed by atoms with Crippen LogP contribution in [0.5, 0.6) is 0 Å². The molecule has 21 heavy (non-hydrogen) atoms. The van der Waals surface area contributed by atoms with Gasteiger partial charge in [-0.25, -0.2) is 10.5 Å². The number of amides is 1. The van der Waals surface area contributed by atoms with Crippen LogP contribution in [0.4, 0.5) is 5.69 Å². The van der Waals surface area contributed by atoms with E-state index in [1.807, 2.05) is 26.0 Å². The number of H-pyrrole nitrogens is 1. The van der Waals surface area contributed by atoms with E-state index >= 15 is 0 Å². The molecule has 1 aromatic heterocycles. The number of carbonyl (C=O) groups is 1. The molecule has 0 aliphatic carbocycles. The third kappa shape index (κ3) is 1.82. The standard InChI is InChI=1S/C15H15N5O/c1-4-5-20-12-7-11-10(18-13(19-11)8-17-16)6-9(12)15(2,3)14(20)21/h1,6-7,16H,5,8H2,2-3H3,(H,18,19). The van der Waals surface area contributed by atoms with E-state index in [4.69, 9.17) is 12.0 Å². The summed E-state index contributed by atoms with van der Waals surface area (Å²) in [7, 11) is 0. The van der Waals surface area contributed by atoms with Gasteiger partial charge in [0.2, 0.25) is 5.91 Å². The molecule has 0 spiro atoms. The monoisotopic (exact) mass is 281 g/mol. The molecular weight excluding hydrogens is 266 g/mol. The lowest BCUT2D eigenvalue weighted by molar-refractivity contribution is -0.121. The Kier molecular flexibility index (Phi) is 2.80. The SMILES string of the molecule is C#CCN1C(=O)C(C)(C)c2cc3nc(CN=N)[nH]c3cc21. The van der Waals surface area contributed by atoms with Crippen molar-refractivity contribution in [1.29, 1.82) is 5.53 Å². The first-order chi connectivity index (χ1) is 9.98. The fraction of sp³-hybridized carbons (Fsp3) is 0.333. The van der Waals surface area contributed by atoms with Crippen LogP contribution in [0.25, 0.3) is 11.0 Å². The second-order valence-electron chi connectivity index (χ2n) is 5.61. The van der Waals surface area contributed by atoms with Crippen LogP contribution in [0.3, 0.4) is 0 Å². The van der Waals surface area contributed by atoms with E-state index < -0.39 is 5.41 Å². The number of terminal acetylenes is 1. The molecule has 1 amide bonds. The second-order valence-corrected chi connectivity index (χ2v) is 5.61. The summed E-state index contributed by atoms with van der Waals surface area (Å²) in [5.41, 5.74) is 9.65. The van der Waals surface area contributed by atoms with Crippen molar-refractivity contribution in [2.75, 3.05) is 11.4 Å². The number of benzene rings is 1. The Morgan fingerprint density at radius 3 is 2.95 bits per heavy atom. The van der Waals surface area contributed by atoms with E-state index in [9.17, 15) is 4.79 Å². The average molecular weight is 281 g/mol. The van der Waals surface area contributed by atoms with Crippen LogP contribution in [0.15, 0.2) is 17.2 Å². The van der Waals surface area contributed by atoms with Gasteiger partial charge in [0.25, 0.3) is 0 Å². The normalized spacial score (nSPS) is 16.0. The first-order valence-electron chi connectivity index (χ1n) is 6.61. The van der Waals surface area contributed by atoms with Crippen LogP contribution in [0.2, 0.25) is 0 Å². The number of hydrogen-bond acceptors (Lipinski definition) is 4. The molecule has 0 saturated carbocycles. The minimum atomic E-state index is -0.612. The molecule has 2 N–H and O–H groups in total. The summed E-state index contributed by atoms with van der Waals surface area (Å²) in [6.07, 6.45) is 5.38. The third-order valence-corrected chi connectivity index (χ3v) is 3.87. The number of carbonyl (C=O) groups excluding carboxylic acids is 1. The summed E-state index contributed by atoms with van der Waals surface area (Å²) in [6, 6.07) is 3.82. The zero-order valence-electron chi connectivity index (χ0n) is 11.9. The number of fused-ring (bicyclic) bond motifs is 2. The lowest BCUT2D eigenvalue weighted by Gasteiger charge is -2.18. The lowest BCUT2D eigenvalue weighted by Crippen LogP contribution is -2.36. The number of hydrogen-bond donors (Lipinski definition) is 2. The van der Waals surface area contributed by atoms with Gasteiger partial charge in [0.05, 0.1) is 28.7 Å². The molecule has 1 aromatic carbocycles. The number of rotatable bonds is 3. The third-order valence-electron chi connectivity index (χ3n) is 3.87. The van der Waals surface area contributed by atoms with Crippen LogP contribution in [0, 0.1) is 17.9 Å². The molecule has 0 unspecified atom stereocenters. The van der Waals surface area contributed by atoms with Crippen molar-refractivity contribution in [2.24, 2.45) is 5.11 Å². The molecule has 1 aliphatic heterocycles. The Hall–Kier alpha value is -2.68. The van der Waals surface area contributed by atoms with Crippen LogP contribution >= 0.6 is 0 Å². The molecule has 3 rings (SSSR count). The van der Waals surface area contributed by atoms with Crippen molar-refractivity contribution in [1.82, 2.24) is 9.97 Å². The van der Waals surface area contributed by atoms with E-state index in [-0.39, 0.29) is 19.0 Å². The largest absolute Gasteiger partial charge is 0.340 e. The highest BCUT2D eigenvalue weighted by Crippen LogP contribution is 2.43. The molecule has 0 bridgehead atoms. The number of aromatic amines is 1. The van der Waals surface area contributed by atoms with Crippen molar-refractivity contribution in [3.05, 3.63) is 23.5 Å². The first kappa shape index (κ1) is 13.3. The van der Waals surface area contributed by atoms with Crippen LogP contribution in [-0.4, -0.2) is 22.4 Å². The predicted octanol–water partition coefficient (Wildman–Crippen LogP) is 2.35. The van der Waals surface area contributed by atoms with Gasteiger partial charge in [-0.15, -0.1) is 6.42 Å². The topological polar surface area (TPSA) is 85.2 Å². The Morgan fingerprint density at radius 2 is 2.29 bits per heavy atom. The maximum atomic E-state index is 12.5. The Bertz CT molecular complexity index is 796. The summed E-state index contributed by atoms with van der Waals surface area (Å²) in [5.74, 6) is 3.17. The summed E-state index contributed by atoms with van der Waals surface area (Å²) < 4.78 is 0. The zero-order valence-corrected chi connectivity index (χ0v) is 11.9. The molecule has 0 fully saturated rings. The van der Waals surface area contributed by atoms with Gasteiger partial charge in [0.1, 0.15) is 12.4 Å². The van der Waals surface area contributed by atoms with E-state index in [2.05, 4.69) is 21.0 Å². The highest BCUT2D eigenvalue weighted by molar-refractivity contribution is 6.09. The number of anilines is 1. The zero-order chi connectivity index (χ0) is 15.2. The summed E-state index contributed by atoms with van der Waals surface area (Å²) in [5, 5.41) is 3.33. The first-order valence-corrected chi connectivity index (χ1v) is 6.61. The van der Waals surface area contributed by atoms with Gasteiger partial charge in [-0.3, -0.25) is 9.69 Å². The Labute approximate surface area is 122 Å². The molecular formula is C15H15N5O. The molecule has 0 atom stereocenters. The Balaban J connectivity index is 2.21. The van der Waals surface area contributed by atoms with Crippen LogP contribution in [-0.2, 0) is 16.8 Å². The van der Waals surface area contributed by atoms with Gasteiger partial charge in [-0.05, 0) is 31.5 Å². The van der Waals surface area contributed by atoms with Crippen LogP contribution < -0.4 is 4.90 Å². The maximum absolute atomic E-state index is 12.5. The number of nitrogens with one attached hydrogen (secondary N) is 2. The smallest absolute Gasteiger partial charge is 0.238 e. The van der Waals surface area contributed by atoms with E-state index in [1.54, 1.807) is 4.90 Å². The quantitative estimate of drug-likeness (QED) is 0.668. The molecule has 6 heteroatoms. The number of nitrogens with zero attached hydrogens (tertiary/aromatic N) is 3. The van der Waals surface area contributed by atoms with E-state index in [0.717, 1.165) is 22.3 Å². The van der Waals surface area contributed by atoms with Crippen LogP contribution in [0.1, 0.15) is 25.2 Å². The van der Waals surface area contributed by atoms with E-state index in [0.29, 0.717) is 5.82 Å². The summed E-state index contributed by atoms with van der Waals surface area (Å²) in [6.45, 7) is 4.26. The molecule has 1 aliphatic rings. The molecule has 2 aromatic rings. The van der Waals surface area contributed by atoms with Crippen molar-refractivity contribution < 1.29 is 4.79 Å². The highest BCUT2D eigenvalue weighted by atomic mass is 16.2. The maximum Gasteiger partial charge on any atom is 0.238 e. The van der Waals surface area contributed by atoms with Gasteiger partial charge in [0.15, 0.2) is 0 Å². The molecule has 6 nitrogen and oxygen atoms in total. The highest BCUT2D eigenvalue weighted by Gasteiger charge is 2.43. The van der Waals surface area contributed by atoms with Gasteiger partial charge >= 0.3 is 0 Å². The minimum Gasteiger partial charge on any atom is -0.340 e. The fourth-order valence-corrected chi connectivity index (χ4v) is 2.78. The fourth-order valence-electron chi connectivity index (χ4n) is 2.78. The van der Waals surface area contributed by atoms with E-state index in [1.165, 1.54) is 0 Å². The van der Waals surface area contributed by atoms with Gasteiger partial charge in [-0.1, -0.05) is 5.92 Å².